The van der Waals surface area contributed by atoms with Crippen molar-refractivity contribution in [3.05, 3.63) is 16.3 Å². The van der Waals surface area contributed by atoms with Gasteiger partial charge in [0, 0.05) is 0 Å². The molecule has 9 nitrogen and oxygen atoms in total. The predicted molar refractivity (Wildman–Crippen MR) is 58.5 cm³/mol. The molecule has 1 saturated heterocycles. The summed E-state index contributed by atoms with van der Waals surface area (Å²) in [5.74, 6) is 0.0165. The molecule has 0 amide bonds. The van der Waals surface area contributed by atoms with Gasteiger partial charge in [-0.15, -0.1) is 0 Å². The lowest BCUT2D eigenvalue weighted by Gasteiger charge is -2.18. The number of nitrogens with zero attached hydrogens (tertiary/aromatic N) is 3. The van der Waals surface area contributed by atoms with Crippen LogP contribution in [0.1, 0.15) is 12.1 Å². The summed E-state index contributed by atoms with van der Waals surface area (Å²) in [6.07, 6.45) is -4.76. The lowest BCUT2D eigenvalue weighted by atomic mass is 10.1. The number of hydrogen-bond donors (Lipinski definition) is 4. The molecule has 1 aromatic heterocycles. The average molecular weight is 258 g/mol. The summed E-state index contributed by atoms with van der Waals surface area (Å²) in [6.45, 7) is 1.02. The van der Waals surface area contributed by atoms with Crippen molar-refractivity contribution in [3.63, 3.8) is 0 Å². The van der Waals surface area contributed by atoms with Crippen molar-refractivity contribution in [2.45, 2.75) is 31.5 Å². The summed E-state index contributed by atoms with van der Waals surface area (Å²) < 4.78 is 6.20. The molecule has 0 spiro atoms. The molecule has 2 rings (SSSR count). The molecule has 0 bridgehead atoms. The third-order valence-corrected chi connectivity index (χ3v) is 2.81. The zero-order valence-electron chi connectivity index (χ0n) is 9.59. The molecule has 1 fully saturated rings. The lowest BCUT2D eigenvalue weighted by Crippen LogP contribution is -2.37. The van der Waals surface area contributed by atoms with E-state index >= 15 is 0 Å². The molecule has 18 heavy (non-hydrogen) atoms. The quantitative estimate of drug-likeness (QED) is 0.443. The Balaban J connectivity index is 2.42. The van der Waals surface area contributed by atoms with Gasteiger partial charge in [0.15, 0.2) is 6.23 Å². The normalized spacial score (nSPS) is 31.8. The van der Waals surface area contributed by atoms with E-state index in [1.807, 2.05) is 0 Å². The van der Waals surface area contributed by atoms with Crippen molar-refractivity contribution in [3.8, 4) is 0 Å². The zero-order valence-corrected chi connectivity index (χ0v) is 9.59. The number of hydrogen-bond acceptors (Lipinski definition) is 8. The van der Waals surface area contributed by atoms with Crippen LogP contribution in [0.3, 0.4) is 0 Å². The van der Waals surface area contributed by atoms with Gasteiger partial charge in [-0.05, 0) is 6.92 Å². The van der Waals surface area contributed by atoms with E-state index in [1.165, 1.54) is 6.92 Å². The Morgan fingerprint density at radius 2 is 2.06 bits per heavy atom. The summed E-state index contributed by atoms with van der Waals surface area (Å²) >= 11 is 0. The van der Waals surface area contributed by atoms with Crippen LogP contribution in [-0.2, 0) is 4.74 Å². The third kappa shape index (κ3) is 1.97. The molecular weight excluding hydrogens is 244 g/mol. The number of rotatable bonds is 2. The molecule has 1 aliphatic heterocycles. The van der Waals surface area contributed by atoms with E-state index in [0.717, 1.165) is 4.57 Å². The van der Waals surface area contributed by atoms with Crippen molar-refractivity contribution in [2.24, 2.45) is 0 Å². The highest BCUT2D eigenvalue weighted by Crippen LogP contribution is 2.28. The van der Waals surface area contributed by atoms with Crippen molar-refractivity contribution in [1.82, 2.24) is 14.5 Å². The van der Waals surface area contributed by atoms with Gasteiger partial charge in [-0.3, -0.25) is 4.57 Å². The molecule has 0 aromatic carbocycles. The van der Waals surface area contributed by atoms with Gasteiger partial charge in [0.1, 0.15) is 24.1 Å². The second-order valence-electron chi connectivity index (χ2n) is 4.01. The van der Waals surface area contributed by atoms with Crippen molar-refractivity contribution >= 4 is 5.95 Å². The SMILES string of the molecule is Cc1nc(N)nc(=O)n1[C@@H]1O[C@H](CO)[C@@H](O)[C@H]1O. The summed E-state index contributed by atoms with van der Waals surface area (Å²) in [6, 6.07) is 0. The van der Waals surface area contributed by atoms with Crippen LogP contribution in [0, 0.1) is 6.92 Å². The number of aromatic nitrogens is 3. The van der Waals surface area contributed by atoms with Crippen LogP contribution in [0.2, 0.25) is 0 Å². The Hall–Kier alpha value is -1.55. The number of aliphatic hydroxyl groups is 3. The molecular formula is C9H14N4O5. The van der Waals surface area contributed by atoms with Gasteiger partial charge in [0.2, 0.25) is 5.95 Å². The first-order valence-electron chi connectivity index (χ1n) is 5.30. The maximum Gasteiger partial charge on any atom is 0.354 e. The minimum absolute atomic E-state index is 0.180. The summed E-state index contributed by atoms with van der Waals surface area (Å²) in [5.41, 5.74) is 4.57. The largest absolute Gasteiger partial charge is 0.394 e. The maximum absolute atomic E-state index is 11.7. The molecule has 100 valence electrons. The van der Waals surface area contributed by atoms with E-state index in [4.69, 9.17) is 15.6 Å². The van der Waals surface area contributed by atoms with Crippen molar-refractivity contribution in [2.75, 3.05) is 12.3 Å². The number of nitrogens with two attached hydrogens (primary N) is 1. The maximum atomic E-state index is 11.7. The molecule has 1 aromatic rings. The van der Waals surface area contributed by atoms with Gasteiger partial charge in [0.05, 0.1) is 6.61 Å². The molecule has 2 heterocycles. The Labute approximate surface area is 101 Å². The van der Waals surface area contributed by atoms with Gasteiger partial charge in [-0.1, -0.05) is 0 Å². The lowest BCUT2D eigenvalue weighted by molar-refractivity contribution is -0.0564. The Kier molecular flexibility index (Phi) is 3.30. The number of ether oxygens (including phenoxy) is 1. The van der Waals surface area contributed by atoms with Crippen LogP contribution in [-0.4, -0.2) is 54.8 Å². The van der Waals surface area contributed by atoms with Crippen molar-refractivity contribution < 1.29 is 20.1 Å². The Morgan fingerprint density at radius 3 is 2.56 bits per heavy atom. The smallest absolute Gasteiger partial charge is 0.354 e. The molecule has 0 unspecified atom stereocenters. The number of aryl methyl sites for hydroxylation is 1. The van der Waals surface area contributed by atoms with E-state index < -0.39 is 36.8 Å². The van der Waals surface area contributed by atoms with Crippen LogP contribution >= 0.6 is 0 Å². The summed E-state index contributed by atoms with van der Waals surface area (Å²) in [4.78, 5) is 18.9. The van der Waals surface area contributed by atoms with Gasteiger partial charge < -0.3 is 25.8 Å². The Morgan fingerprint density at radius 1 is 1.39 bits per heavy atom. The highest BCUT2D eigenvalue weighted by atomic mass is 16.6. The minimum Gasteiger partial charge on any atom is -0.394 e. The van der Waals surface area contributed by atoms with Gasteiger partial charge in [0.25, 0.3) is 0 Å². The highest BCUT2D eigenvalue weighted by molar-refractivity contribution is 5.13. The standard InChI is InChI=1S/C9H14N4O5/c1-3-11-8(10)12-9(17)13(3)7-6(16)5(15)4(2-14)18-7/h4-7,14-16H,2H2,1H3,(H2,10,12,17)/t4-,5-,6-,7-/m1/s1. The molecule has 1 aliphatic rings. The second kappa shape index (κ2) is 4.61. The number of anilines is 1. The van der Waals surface area contributed by atoms with Gasteiger partial charge >= 0.3 is 5.69 Å². The molecule has 4 atom stereocenters. The summed E-state index contributed by atoms with van der Waals surface area (Å²) in [5, 5.41) is 28.4. The predicted octanol–water partition coefficient (Wildman–Crippen LogP) is -2.86. The van der Waals surface area contributed by atoms with Gasteiger partial charge in [-0.2, -0.15) is 9.97 Å². The highest BCUT2D eigenvalue weighted by Gasteiger charge is 2.44. The van der Waals surface area contributed by atoms with Crippen LogP contribution in [0.4, 0.5) is 5.95 Å². The van der Waals surface area contributed by atoms with Crippen LogP contribution in [0.15, 0.2) is 4.79 Å². The minimum atomic E-state index is -1.36. The molecule has 9 heteroatoms. The van der Waals surface area contributed by atoms with E-state index in [1.54, 1.807) is 0 Å². The third-order valence-electron chi connectivity index (χ3n) is 2.81. The zero-order chi connectivity index (χ0) is 13.4. The molecule has 0 aliphatic carbocycles. The fourth-order valence-electron chi connectivity index (χ4n) is 1.92. The monoisotopic (exact) mass is 258 g/mol. The van der Waals surface area contributed by atoms with Crippen molar-refractivity contribution in [1.29, 1.82) is 0 Å². The number of nitrogen functional groups attached to an aromatic ring is 1. The fraction of sp³-hybridized carbons (Fsp3) is 0.667. The molecule has 0 radical (unpaired) electrons. The van der Waals surface area contributed by atoms with E-state index in [2.05, 4.69) is 9.97 Å². The first-order chi connectivity index (χ1) is 8.45. The molecule has 5 N–H and O–H groups in total. The number of aliphatic hydroxyl groups excluding tert-OH is 3. The van der Waals surface area contributed by atoms with Gasteiger partial charge in [-0.25, -0.2) is 4.79 Å². The van der Waals surface area contributed by atoms with E-state index in [9.17, 15) is 15.0 Å². The average Bonchev–Trinajstić information content (AvgIpc) is 2.56. The first kappa shape index (κ1) is 12.9. The van der Waals surface area contributed by atoms with E-state index in [-0.39, 0.29) is 11.8 Å². The first-order valence-corrected chi connectivity index (χ1v) is 5.30. The summed E-state index contributed by atoms with van der Waals surface area (Å²) in [7, 11) is 0. The topological polar surface area (TPSA) is 144 Å². The van der Waals surface area contributed by atoms with E-state index in [0.29, 0.717) is 0 Å². The fourth-order valence-corrected chi connectivity index (χ4v) is 1.92. The Bertz CT molecular complexity index is 504. The second-order valence-corrected chi connectivity index (χ2v) is 4.01. The van der Waals surface area contributed by atoms with Crippen LogP contribution in [0.5, 0.6) is 0 Å². The van der Waals surface area contributed by atoms with Crippen LogP contribution in [0.25, 0.3) is 0 Å². The van der Waals surface area contributed by atoms with Crippen LogP contribution < -0.4 is 11.4 Å². The molecule has 0 saturated carbocycles.